The van der Waals surface area contributed by atoms with Gasteiger partial charge < -0.3 is 20.1 Å². The van der Waals surface area contributed by atoms with Crippen molar-refractivity contribution in [2.24, 2.45) is 0 Å². The maximum absolute atomic E-state index is 12.0. The van der Waals surface area contributed by atoms with Gasteiger partial charge in [0.25, 0.3) is 0 Å². The van der Waals surface area contributed by atoms with Gasteiger partial charge in [-0.25, -0.2) is 4.57 Å². The van der Waals surface area contributed by atoms with Gasteiger partial charge in [0, 0.05) is 19.4 Å². The molecule has 10 heteroatoms. The summed E-state index contributed by atoms with van der Waals surface area (Å²) in [5.41, 5.74) is 0. The molecule has 0 spiro atoms. The van der Waals surface area contributed by atoms with E-state index in [1.807, 2.05) is 0 Å². The van der Waals surface area contributed by atoms with Crippen molar-refractivity contribution in [2.75, 3.05) is 26.4 Å². The van der Waals surface area contributed by atoms with Crippen LogP contribution in [0.2, 0.25) is 0 Å². The minimum atomic E-state index is -4.40. The molecule has 0 rings (SSSR count). The highest BCUT2D eigenvalue weighted by molar-refractivity contribution is 7.47. The summed E-state index contributed by atoms with van der Waals surface area (Å²) in [4.78, 5) is 33.6. The van der Waals surface area contributed by atoms with E-state index in [0.29, 0.717) is 6.42 Å². The molecule has 45 heavy (non-hydrogen) atoms. The van der Waals surface area contributed by atoms with Gasteiger partial charge in [-0.1, -0.05) is 129 Å². The molecule has 1 amide bonds. The number of phosphoric acid groups is 1. The van der Waals surface area contributed by atoms with Crippen LogP contribution in [-0.2, 0) is 27.9 Å². The lowest BCUT2D eigenvalue weighted by molar-refractivity contribution is -0.147. The molecule has 3 N–H and O–H groups in total. The molecule has 266 valence electrons. The Bertz CT molecular complexity index is 764. The normalized spacial score (nSPS) is 13.6. The number of phosphoric ester groups is 1. The molecule has 0 aliphatic rings. The molecular weight excluding hydrogens is 593 g/mol. The van der Waals surface area contributed by atoms with Crippen molar-refractivity contribution < 1.29 is 37.9 Å². The number of carbonyl (C=O) groups is 2. The maximum Gasteiger partial charge on any atom is 0.472 e. The van der Waals surface area contributed by atoms with Crippen molar-refractivity contribution in [1.82, 2.24) is 5.32 Å². The third-order valence-corrected chi connectivity index (χ3v) is 8.68. The summed E-state index contributed by atoms with van der Waals surface area (Å²) in [6.45, 7) is 3.51. The molecule has 0 aliphatic heterocycles. The third-order valence-electron chi connectivity index (χ3n) is 7.70. The van der Waals surface area contributed by atoms with Crippen LogP contribution in [0.3, 0.4) is 0 Å². The number of nitrogens with one attached hydrogen (secondary N) is 1. The van der Waals surface area contributed by atoms with Crippen LogP contribution in [0, 0.1) is 0 Å². The van der Waals surface area contributed by atoms with Crippen molar-refractivity contribution in [1.29, 1.82) is 0 Å². The number of hydrogen-bond acceptors (Lipinski definition) is 7. The van der Waals surface area contributed by atoms with Gasteiger partial charge in [0.15, 0.2) is 0 Å². The van der Waals surface area contributed by atoms with Crippen LogP contribution in [0.4, 0.5) is 0 Å². The standard InChI is InChI=1S/C35H68NO8P/c1-3-5-7-9-11-13-15-16-18-19-21-23-25-27-34(38)36-29-30-43-45(40,41)44-32-33(37)31-42-35(39)28-26-24-22-20-17-14-12-10-8-6-4-2/h13,15,33,37H,3-12,14,16-32H2,1-2H3,(H,36,38)(H,40,41)/b15-13-. The third kappa shape index (κ3) is 33.9. The summed E-state index contributed by atoms with van der Waals surface area (Å²) >= 11 is 0. The number of unbranched alkanes of at least 4 members (excludes halogenated alkanes) is 19. The van der Waals surface area contributed by atoms with Crippen LogP contribution in [0.1, 0.15) is 168 Å². The second kappa shape index (κ2) is 32.7. The van der Waals surface area contributed by atoms with Gasteiger partial charge in [-0.3, -0.25) is 18.6 Å². The maximum atomic E-state index is 12.0. The molecule has 0 aromatic heterocycles. The molecule has 0 bridgehead atoms. The van der Waals surface area contributed by atoms with Gasteiger partial charge in [-0.2, -0.15) is 0 Å². The molecular formula is C35H68NO8P. The second-order valence-corrected chi connectivity index (χ2v) is 13.7. The van der Waals surface area contributed by atoms with Gasteiger partial charge in [-0.05, 0) is 38.5 Å². The molecule has 0 aromatic carbocycles. The van der Waals surface area contributed by atoms with Crippen LogP contribution >= 0.6 is 7.82 Å². The highest BCUT2D eigenvalue weighted by Gasteiger charge is 2.23. The fourth-order valence-corrected chi connectivity index (χ4v) is 5.66. The molecule has 0 saturated carbocycles. The first-order chi connectivity index (χ1) is 21.8. The van der Waals surface area contributed by atoms with Crippen LogP contribution in [-0.4, -0.2) is 54.3 Å². The first-order valence-electron chi connectivity index (χ1n) is 18.2. The Hall–Kier alpha value is -1.25. The number of amides is 1. The number of aliphatic hydroxyl groups excluding tert-OH is 1. The molecule has 2 unspecified atom stereocenters. The van der Waals surface area contributed by atoms with Crippen molar-refractivity contribution in [2.45, 2.75) is 174 Å². The number of aliphatic hydroxyl groups is 1. The Morgan fingerprint density at radius 2 is 1.13 bits per heavy atom. The van der Waals surface area contributed by atoms with Gasteiger partial charge in [0.2, 0.25) is 5.91 Å². The number of rotatable bonds is 34. The Labute approximate surface area is 275 Å². The summed E-state index contributed by atoms with van der Waals surface area (Å²) in [5.74, 6) is -0.524. The smallest absolute Gasteiger partial charge is 0.463 e. The number of carbonyl (C=O) groups excluding carboxylic acids is 2. The monoisotopic (exact) mass is 661 g/mol. The zero-order valence-corrected chi connectivity index (χ0v) is 29.7. The van der Waals surface area contributed by atoms with E-state index >= 15 is 0 Å². The van der Waals surface area contributed by atoms with Crippen molar-refractivity contribution in [3.8, 4) is 0 Å². The fraction of sp³-hybridized carbons (Fsp3) is 0.886. The molecule has 0 aromatic rings. The quantitative estimate of drug-likeness (QED) is 0.0269. The Balaban J connectivity index is 3.64. The van der Waals surface area contributed by atoms with E-state index < -0.39 is 26.5 Å². The van der Waals surface area contributed by atoms with Crippen LogP contribution < -0.4 is 5.32 Å². The van der Waals surface area contributed by atoms with Crippen molar-refractivity contribution in [3.05, 3.63) is 12.2 Å². The predicted molar refractivity (Wildman–Crippen MR) is 183 cm³/mol. The molecule has 0 heterocycles. The van der Waals surface area contributed by atoms with Gasteiger partial charge >= 0.3 is 13.8 Å². The fourth-order valence-electron chi connectivity index (χ4n) is 4.90. The van der Waals surface area contributed by atoms with Crippen molar-refractivity contribution in [3.63, 3.8) is 0 Å². The molecule has 0 aliphatic carbocycles. The van der Waals surface area contributed by atoms with Crippen molar-refractivity contribution >= 4 is 19.7 Å². The number of hydrogen-bond donors (Lipinski definition) is 3. The SMILES string of the molecule is CCCCCC/C=C\CCCCCCCC(=O)NCCOP(=O)(O)OCC(O)COC(=O)CCCCCCCCCCCCC. The first-order valence-corrected chi connectivity index (χ1v) is 19.7. The lowest BCUT2D eigenvalue weighted by Gasteiger charge is -2.15. The number of esters is 1. The van der Waals surface area contributed by atoms with Gasteiger partial charge in [-0.15, -0.1) is 0 Å². The average Bonchev–Trinajstić information content (AvgIpc) is 3.02. The van der Waals surface area contributed by atoms with E-state index in [9.17, 15) is 24.2 Å². The van der Waals surface area contributed by atoms with Crippen LogP contribution in [0.15, 0.2) is 12.2 Å². The van der Waals surface area contributed by atoms with E-state index in [1.54, 1.807) is 0 Å². The average molecular weight is 662 g/mol. The van der Waals surface area contributed by atoms with Gasteiger partial charge in [0.05, 0.1) is 13.2 Å². The summed E-state index contributed by atoms with van der Waals surface area (Å²) in [6, 6.07) is 0. The van der Waals surface area contributed by atoms with E-state index in [2.05, 4.69) is 31.3 Å². The summed E-state index contributed by atoms with van der Waals surface area (Å²) < 4.78 is 26.7. The van der Waals surface area contributed by atoms with E-state index in [0.717, 1.165) is 51.4 Å². The summed E-state index contributed by atoms with van der Waals surface area (Å²) in [5, 5.41) is 12.6. The molecule has 9 nitrogen and oxygen atoms in total. The topological polar surface area (TPSA) is 131 Å². The Morgan fingerprint density at radius 3 is 1.69 bits per heavy atom. The second-order valence-electron chi connectivity index (χ2n) is 12.2. The number of ether oxygens (including phenoxy) is 1. The zero-order chi connectivity index (χ0) is 33.3. The van der Waals surface area contributed by atoms with Crippen LogP contribution in [0.25, 0.3) is 0 Å². The molecule has 0 saturated heterocycles. The predicted octanol–water partition coefficient (Wildman–Crippen LogP) is 9.10. The summed E-state index contributed by atoms with van der Waals surface area (Å²) in [7, 11) is -4.40. The minimum Gasteiger partial charge on any atom is -0.463 e. The van der Waals surface area contributed by atoms with Gasteiger partial charge in [0.1, 0.15) is 12.7 Å². The molecule has 2 atom stereocenters. The van der Waals surface area contributed by atoms with Crippen LogP contribution in [0.5, 0.6) is 0 Å². The van der Waals surface area contributed by atoms with E-state index in [1.165, 1.54) is 89.9 Å². The Kier molecular flexibility index (Phi) is 31.8. The first kappa shape index (κ1) is 43.8. The molecule has 0 radical (unpaired) electrons. The zero-order valence-electron chi connectivity index (χ0n) is 28.8. The molecule has 0 fully saturated rings. The van der Waals surface area contributed by atoms with E-state index in [4.69, 9.17) is 13.8 Å². The highest BCUT2D eigenvalue weighted by atomic mass is 31.2. The Morgan fingerprint density at radius 1 is 0.667 bits per heavy atom. The summed E-state index contributed by atoms with van der Waals surface area (Å²) in [6.07, 6.45) is 30.0. The largest absolute Gasteiger partial charge is 0.472 e. The number of allylic oxidation sites excluding steroid dienone is 2. The minimum absolute atomic E-state index is 0.0801. The highest BCUT2D eigenvalue weighted by Crippen LogP contribution is 2.42. The van der Waals surface area contributed by atoms with E-state index in [-0.39, 0.29) is 32.1 Å². The lowest BCUT2D eigenvalue weighted by Crippen LogP contribution is -2.27. The lowest BCUT2D eigenvalue weighted by atomic mass is 10.1.